The molecule has 0 saturated carbocycles. The van der Waals surface area contributed by atoms with Crippen LogP contribution in [0.15, 0.2) is 36.4 Å². The number of benzene rings is 2. The van der Waals surface area contributed by atoms with Crippen molar-refractivity contribution >= 4 is 16.5 Å². The summed E-state index contributed by atoms with van der Waals surface area (Å²) in [5, 5.41) is 5.74. The van der Waals surface area contributed by atoms with E-state index in [1.807, 2.05) is 12.1 Å². The Labute approximate surface area is 124 Å². The molecule has 1 fully saturated rings. The summed E-state index contributed by atoms with van der Waals surface area (Å²) >= 11 is 0. The molecule has 21 heavy (non-hydrogen) atoms. The van der Waals surface area contributed by atoms with E-state index in [9.17, 15) is 4.39 Å². The molecule has 3 rings (SSSR count). The van der Waals surface area contributed by atoms with Gasteiger partial charge in [-0.25, -0.2) is 0 Å². The molecule has 2 aromatic rings. The zero-order chi connectivity index (χ0) is 14.5. The molecule has 0 atom stereocenters. The standard InChI is InChI=1S/C17H21FN2O/c18-6-1-11-21-17-5-3-14-12-16(4-2-15(14)13-17)20-9-7-19-8-10-20/h2-5,12-13,19H,1,6-11H2. The molecule has 1 heterocycles. The number of rotatable bonds is 5. The van der Waals surface area contributed by atoms with Crippen LogP contribution in [0.2, 0.25) is 0 Å². The minimum absolute atomic E-state index is 0.332. The topological polar surface area (TPSA) is 24.5 Å². The van der Waals surface area contributed by atoms with Crippen molar-refractivity contribution < 1.29 is 9.13 Å². The summed E-state index contributed by atoms with van der Waals surface area (Å²) in [6.07, 6.45) is 0.444. The summed E-state index contributed by atoms with van der Waals surface area (Å²) in [4.78, 5) is 2.40. The highest BCUT2D eigenvalue weighted by atomic mass is 19.1. The first kappa shape index (κ1) is 14.1. The number of nitrogens with one attached hydrogen (secondary N) is 1. The molecule has 1 aliphatic rings. The summed E-state index contributed by atoms with van der Waals surface area (Å²) < 4.78 is 17.6. The van der Waals surface area contributed by atoms with E-state index in [0.717, 1.165) is 37.3 Å². The lowest BCUT2D eigenvalue weighted by molar-refractivity contribution is 0.290. The summed E-state index contributed by atoms with van der Waals surface area (Å²) in [5.74, 6) is 0.811. The van der Waals surface area contributed by atoms with Crippen molar-refractivity contribution in [2.24, 2.45) is 0 Å². The third kappa shape index (κ3) is 3.45. The Hall–Kier alpha value is -1.81. The summed E-state index contributed by atoms with van der Waals surface area (Å²) in [6.45, 7) is 4.28. The predicted molar refractivity (Wildman–Crippen MR) is 85.1 cm³/mol. The van der Waals surface area contributed by atoms with E-state index in [2.05, 4.69) is 34.5 Å². The number of ether oxygens (including phenoxy) is 1. The van der Waals surface area contributed by atoms with Crippen molar-refractivity contribution in [3.8, 4) is 5.75 Å². The van der Waals surface area contributed by atoms with Crippen LogP contribution < -0.4 is 15.0 Å². The van der Waals surface area contributed by atoms with Crippen molar-refractivity contribution in [2.75, 3.05) is 44.4 Å². The first-order valence-electron chi connectivity index (χ1n) is 7.55. The Bertz CT molecular complexity index is 596. The number of nitrogens with zero attached hydrogens (tertiary/aromatic N) is 1. The molecule has 1 saturated heterocycles. The fraction of sp³-hybridized carbons (Fsp3) is 0.412. The van der Waals surface area contributed by atoms with Gasteiger partial charge < -0.3 is 15.0 Å². The smallest absolute Gasteiger partial charge is 0.119 e. The van der Waals surface area contributed by atoms with Gasteiger partial charge in [-0.2, -0.15) is 0 Å². The molecule has 1 aliphatic heterocycles. The van der Waals surface area contributed by atoms with E-state index < -0.39 is 0 Å². The van der Waals surface area contributed by atoms with Crippen molar-refractivity contribution in [1.82, 2.24) is 5.32 Å². The molecule has 3 nitrogen and oxygen atoms in total. The van der Waals surface area contributed by atoms with Crippen molar-refractivity contribution in [1.29, 1.82) is 0 Å². The van der Waals surface area contributed by atoms with Crippen LogP contribution in [0.4, 0.5) is 10.1 Å². The lowest BCUT2D eigenvalue weighted by atomic mass is 10.1. The van der Waals surface area contributed by atoms with E-state index in [0.29, 0.717) is 13.0 Å². The number of hydrogen-bond acceptors (Lipinski definition) is 3. The summed E-state index contributed by atoms with van der Waals surface area (Å²) in [5.41, 5.74) is 1.27. The molecule has 0 spiro atoms. The molecule has 2 aromatic carbocycles. The highest BCUT2D eigenvalue weighted by molar-refractivity contribution is 5.87. The number of fused-ring (bicyclic) bond motifs is 1. The predicted octanol–water partition coefficient (Wildman–Crippen LogP) is 2.99. The van der Waals surface area contributed by atoms with Crippen LogP contribution in [-0.4, -0.2) is 39.5 Å². The third-order valence-corrected chi connectivity index (χ3v) is 3.82. The van der Waals surface area contributed by atoms with Gasteiger partial charge in [0, 0.05) is 38.3 Å². The van der Waals surface area contributed by atoms with Gasteiger partial charge in [0.25, 0.3) is 0 Å². The van der Waals surface area contributed by atoms with E-state index in [4.69, 9.17) is 4.74 Å². The van der Waals surface area contributed by atoms with Gasteiger partial charge in [0.1, 0.15) is 5.75 Å². The Morgan fingerprint density at radius 1 is 1.05 bits per heavy atom. The minimum Gasteiger partial charge on any atom is -0.493 e. The van der Waals surface area contributed by atoms with Crippen molar-refractivity contribution in [3.63, 3.8) is 0 Å². The van der Waals surface area contributed by atoms with Crippen molar-refractivity contribution in [2.45, 2.75) is 6.42 Å². The molecule has 0 bridgehead atoms. The van der Waals surface area contributed by atoms with Crippen LogP contribution >= 0.6 is 0 Å². The zero-order valence-electron chi connectivity index (χ0n) is 12.1. The Morgan fingerprint density at radius 2 is 1.81 bits per heavy atom. The highest BCUT2D eigenvalue weighted by Gasteiger charge is 2.10. The van der Waals surface area contributed by atoms with Crippen LogP contribution in [0, 0.1) is 0 Å². The Morgan fingerprint density at radius 3 is 2.62 bits per heavy atom. The quantitative estimate of drug-likeness (QED) is 0.856. The second kappa shape index (κ2) is 6.76. The Balaban J connectivity index is 1.77. The van der Waals surface area contributed by atoms with Gasteiger partial charge in [-0.15, -0.1) is 0 Å². The lowest BCUT2D eigenvalue weighted by Gasteiger charge is -2.29. The van der Waals surface area contributed by atoms with Gasteiger partial charge >= 0.3 is 0 Å². The van der Waals surface area contributed by atoms with Crippen LogP contribution in [0.5, 0.6) is 5.75 Å². The van der Waals surface area contributed by atoms with Gasteiger partial charge in [0.05, 0.1) is 13.3 Å². The molecule has 0 aliphatic carbocycles. The number of piperazine rings is 1. The van der Waals surface area contributed by atoms with E-state index in [1.165, 1.54) is 11.1 Å². The van der Waals surface area contributed by atoms with Gasteiger partial charge in [-0.1, -0.05) is 12.1 Å². The van der Waals surface area contributed by atoms with E-state index in [1.54, 1.807) is 0 Å². The maximum Gasteiger partial charge on any atom is 0.119 e. The van der Waals surface area contributed by atoms with Gasteiger partial charge in [0.2, 0.25) is 0 Å². The lowest BCUT2D eigenvalue weighted by Crippen LogP contribution is -2.43. The van der Waals surface area contributed by atoms with Gasteiger partial charge in [-0.05, 0) is 35.0 Å². The molecule has 112 valence electrons. The average molecular weight is 288 g/mol. The first-order chi connectivity index (χ1) is 10.4. The summed E-state index contributed by atoms with van der Waals surface area (Å²) in [6, 6.07) is 12.6. The molecule has 0 unspecified atom stereocenters. The van der Waals surface area contributed by atoms with Crippen LogP contribution in [-0.2, 0) is 0 Å². The van der Waals surface area contributed by atoms with E-state index >= 15 is 0 Å². The largest absolute Gasteiger partial charge is 0.493 e. The molecule has 1 N–H and O–H groups in total. The average Bonchev–Trinajstić information content (AvgIpc) is 2.55. The maximum atomic E-state index is 12.1. The van der Waals surface area contributed by atoms with E-state index in [-0.39, 0.29) is 6.67 Å². The third-order valence-electron chi connectivity index (χ3n) is 3.82. The van der Waals surface area contributed by atoms with Gasteiger partial charge in [0.15, 0.2) is 0 Å². The monoisotopic (exact) mass is 288 g/mol. The molecule has 0 aromatic heterocycles. The highest BCUT2D eigenvalue weighted by Crippen LogP contribution is 2.26. The molecular weight excluding hydrogens is 267 g/mol. The first-order valence-corrected chi connectivity index (χ1v) is 7.55. The SMILES string of the molecule is FCCCOc1ccc2cc(N3CCNCC3)ccc2c1. The second-order valence-corrected chi connectivity index (χ2v) is 5.32. The zero-order valence-corrected chi connectivity index (χ0v) is 12.1. The Kier molecular flexibility index (Phi) is 4.55. The normalized spacial score (nSPS) is 15.4. The fourth-order valence-corrected chi connectivity index (χ4v) is 2.67. The molecule has 0 radical (unpaired) electrons. The van der Waals surface area contributed by atoms with Crippen LogP contribution in [0.3, 0.4) is 0 Å². The van der Waals surface area contributed by atoms with Crippen LogP contribution in [0.1, 0.15) is 6.42 Å². The second-order valence-electron chi connectivity index (χ2n) is 5.32. The molecule has 0 amide bonds. The number of alkyl halides is 1. The molecule has 4 heteroatoms. The van der Waals surface area contributed by atoms with Crippen LogP contribution in [0.25, 0.3) is 10.8 Å². The van der Waals surface area contributed by atoms with Gasteiger partial charge in [-0.3, -0.25) is 4.39 Å². The maximum absolute atomic E-state index is 12.1. The minimum atomic E-state index is -0.332. The number of halogens is 1. The van der Waals surface area contributed by atoms with Crippen molar-refractivity contribution in [3.05, 3.63) is 36.4 Å². The number of hydrogen-bond donors (Lipinski definition) is 1. The molecular formula is C17H21FN2O. The fourth-order valence-electron chi connectivity index (χ4n) is 2.67. The number of anilines is 1. The summed E-state index contributed by atoms with van der Waals surface area (Å²) in [7, 11) is 0.